The predicted molar refractivity (Wildman–Crippen MR) is 100 cm³/mol. The average molecular weight is 366 g/mol. The Balaban J connectivity index is 1.69. The van der Waals surface area contributed by atoms with Crippen molar-refractivity contribution in [3.63, 3.8) is 0 Å². The molecule has 0 spiro atoms. The third kappa shape index (κ3) is 4.16. The van der Waals surface area contributed by atoms with Crippen LogP contribution in [0.2, 0.25) is 0 Å². The second-order valence-corrected chi connectivity index (χ2v) is 6.51. The lowest BCUT2D eigenvalue weighted by atomic mass is 9.85. The first-order valence-electron chi connectivity index (χ1n) is 8.80. The maximum Gasteiger partial charge on any atom is 0.316 e. The summed E-state index contributed by atoms with van der Waals surface area (Å²) in [5, 5.41) is 3.97. The number of rotatable bonds is 7. The van der Waals surface area contributed by atoms with Gasteiger partial charge in [-0.3, -0.25) is 4.79 Å². The van der Waals surface area contributed by atoms with E-state index in [0.717, 1.165) is 11.1 Å². The highest BCUT2D eigenvalue weighted by molar-refractivity contribution is 5.82. The predicted octanol–water partition coefficient (Wildman–Crippen LogP) is 4.16. The number of hydrogen-bond donors (Lipinski definition) is 0. The van der Waals surface area contributed by atoms with Gasteiger partial charge >= 0.3 is 5.97 Å². The van der Waals surface area contributed by atoms with Crippen LogP contribution in [0.1, 0.15) is 32.2 Å². The fraction of sp³-hybridized carbons (Fsp3) is 0.286. The maximum atomic E-state index is 12.5. The van der Waals surface area contributed by atoms with Crippen molar-refractivity contribution in [2.24, 2.45) is 0 Å². The van der Waals surface area contributed by atoms with Crippen LogP contribution in [0.5, 0.6) is 5.75 Å². The topological polar surface area (TPSA) is 74.5 Å². The second-order valence-electron chi connectivity index (χ2n) is 6.51. The van der Waals surface area contributed by atoms with Gasteiger partial charge in [0.05, 0.1) is 17.6 Å². The third-order valence-electron chi connectivity index (χ3n) is 4.23. The maximum absolute atomic E-state index is 12.5. The highest BCUT2D eigenvalue weighted by Gasteiger charge is 2.31. The minimum absolute atomic E-state index is 0.0844. The molecule has 0 atom stereocenters. The summed E-state index contributed by atoms with van der Waals surface area (Å²) in [4.78, 5) is 16.8. The quantitative estimate of drug-likeness (QED) is 0.585. The summed E-state index contributed by atoms with van der Waals surface area (Å²) in [5.41, 5.74) is 0.836. The molecule has 3 aromatic rings. The number of aromatic nitrogens is 2. The van der Waals surface area contributed by atoms with Gasteiger partial charge in [0.2, 0.25) is 5.82 Å². The van der Waals surface area contributed by atoms with E-state index in [2.05, 4.69) is 10.1 Å². The van der Waals surface area contributed by atoms with E-state index in [1.54, 1.807) is 0 Å². The fourth-order valence-corrected chi connectivity index (χ4v) is 2.64. The monoisotopic (exact) mass is 366 g/mol. The standard InChI is InChI=1S/C21H22N2O4/c1-4-25-17-13-9-8-12-16(17)19-22-18(27-23-19)14-26-20(24)21(2,3)15-10-6-5-7-11-15/h5-13H,4,14H2,1-3H3. The van der Waals surface area contributed by atoms with E-state index in [0.29, 0.717) is 18.2 Å². The third-order valence-corrected chi connectivity index (χ3v) is 4.23. The smallest absolute Gasteiger partial charge is 0.316 e. The Kier molecular flexibility index (Phi) is 5.54. The summed E-state index contributed by atoms with van der Waals surface area (Å²) in [6.07, 6.45) is 0. The molecule has 0 saturated heterocycles. The number of ether oxygens (including phenoxy) is 2. The molecule has 0 aliphatic heterocycles. The van der Waals surface area contributed by atoms with Crippen LogP contribution < -0.4 is 4.74 Å². The van der Waals surface area contributed by atoms with Crippen molar-refractivity contribution >= 4 is 5.97 Å². The summed E-state index contributed by atoms with van der Waals surface area (Å²) >= 11 is 0. The molecule has 1 heterocycles. The van der Waals surface area contributed by atoms with Crippen LogP contribution in [0.3, 0.4) is 0 Å². The number of nitrogens with zero attached hydrogens (tertiary/aromatic N) is 2. The number of esters is 1. The van der Waals surface area contributed by atoms with E-state index in [1.165, 1.54) is 0 Å². The molecule has 2 aromatic carbocycles. The van der Waals surface area contributed by atoms with Gasteiger partial charge < -0.3 is 14.0 Å². The van der Waals surface area contributed by atoms with Crippen molar-refractivity contribution < 1.29 is 18.8 Å². The lowest BCUT2D eigenvalue weighted by Crippen LogP contribution is -2.30. The number of carbonyl (C=O) groups is 1. The van der Waals surface area contributed by atoms with Crippen LogP contribution >= 0.6 is 0 Å². The Hall–Kier alpha value is -3.15. The fourth-order valence-electron chi connectivity index (χ4n) is 2.64. The number of para-hydroxylation sites is 1. The molecule has 1 aromatic heterocycles. The van der Waals surface area contributed by atoms with Crippen LogP contribution in [-0.4, -0.2) is 22.7 Å². The van der Waals surface area contributed by atoms with E-state index >= 15 is 0 Å². The van der Waals surface area contributed by atoms with Crippen LogP contribution in [0.15, 0.2) is 59.1 Å². The van der Waals surface area contributed by atoms with Gasteiger partial charge in [-0.25, -0.2) is 0 Å². The molecule has 0 amide bonds. The van der Waals surface area contributed by atoms with Crippen LogP contribution in [0, 0.1) is 0 Å². The van der Waals surface area contributed by atoms with E-state index in [-0.39, 0.29) is 18.5 Å². The minimum atomic E-state index is -0.772. The van der Waals surface area contributed by atoms with Gasteiger partial charge in [-0.2, -0.15) is 4.98 Å². The Morgan fingerprint density at radius 2 is 1.78 bits per heavy atom. The summed E-state index contributed by atoms with van der Waals surface area (Å²) in [7, 11) is 0. The summed E-state index contributed by atoms with van der Waals surface area (Å²) in [5.74, 6) is 0.943. The molecule has 0 radical (unpaired) electrons. The molecular formula is C21H22N2O4. The summed E-state index contributed by atoms with van der Waals surface area (Å²) < 4.78 is 16.2. The molecule has 6 heteroatoms. The highest BCUT2D eigenvalue weighted by Crippen LogP contribution is 2.28. The van der Waals surface area contributed by atoms with E-state index in [4.69, 9.17) is 14.0 Å². The summed E-state index contributed by atoms with van der Waals surface area (Å²) in [6.45, 7) is 6.00. The van der Waals surface area contributed by atoms with Gasteiger partial charge in [-0.15, -0.1) is 0 Å². The molecular weight excluding hydrogens is 344 g/mol. The normalized spacial score (nSPS) is 11.2. The van der Waals surface area contributed by atoms with Crippen molar-refractivity contribution in [3.05, 3.63) is 66.1 Å². The largest absolute Gasteiger partial charge is 0.493 e. The molecule has 3 rings (SSSR count). The molecule has 0 saturated carbocycles. The van der Waals surface area contributed by atoms with Gasteiger partial charge in [0, 0.05) is 0 Å². The van der Waals surface area contributed by atoms with Crippen LogP contribution in [0.25, 0.3) is 11.4 Å². The molecule has 6 nitrogen and oxygen atoms in total. The molecule has 0 N–H and O–H groups in total. The lowest BCUT2D eigenvalue weighted by molar-refractivity contribution is -0.151. The molecule has 0 bridgehead atoms. The Morgan fingerprint density at radius 3 is 2.52 bits per heavy atom. The Morgan fingerprint density at radius 1 is 1.07 bits per heavy atom. The van der Waals surface area contributed by atoms with Crippen LogP contribution in [0.4, 0.5) is 0 Å². The molecule has 0 unspecified atom stereocenters. The van der Waals surface area contributed by atoms with Gasteiger partial charge in [-0.1, -0.05) is 47.6 Å². The van der Waals surface area contributed by atoms with Gasteiger partial charge in [0.25, 0.3) is 5.89 Å². The van der Waals surface area contributed by atoms with E-state index < -0.39 is 5.41 Å². The molecule has 0 aliphatic carbocycles. The van der Waals surface area contributed by atoms with Crippen molar-refractivity contribution in [2.45, 2.75) is 32.8 Å². The van der Waals surface area contributed by atoms with Crippen molar-refractivity contribution in [1.82, 2.24) is 10.1 Å². The number of benzene rings is 2. The number of carbonyl (C=O) groups excluding carboxylic acids is 1. The van der Waals surface area contributed by atoms with Crippen LogP contribution in [-0.2, 0) is 21.6 Å². The minimum Gasteiger partial charge on any atom is -0.493 e. The zero-order chi connectivity index (χ0) is 19.3. The Labute approximate surface area is 158 Å². The molecule has 140 valence electrons. The number of hydrogen-bond acceptors (Lipinski definition) is 6. The zero-order valence-corrected chi connectivity index (χ0v) is 15.6. The Bertz CT molecular complexity index is 903. The van der Waals surface area contributed by atoms with Gasteiger partial charge in [-0.05, 0) is 38.5 Å². The zero-order valence-electron chi connectivity index (χ0n) is 15.6. The highest BCUT2D eigenvalue weighted by atomic mass is 16.6. The van der Waals surface area contributed by atoms with E-state index in [9.17, 15) is 4.79 Å². The SMILES string of the molecule is CCOc1ccccc1-c1noc(COC(=O)C(C)(C)c2ccccc2)n1. The van der Waals surface area contributed by atoms with Crippen molar-refractivity contribution in [3.8, 4) is 17.1 Å². The first kappa shape index (κ1) is 18.6. The lowest BCUT2D eigenvalue weighted by Gasteiger charge is -2.22. The average Bonchev–Trinajstić information content (AvgIpc) is 3.16. The molecule has 0 aliphatic rings. The van der Waals surface area contributed by atoms with E-state index in [1.807, 2.05) is 75.4 Å². The van der Waals surface area contributed by atoms with Gasteiger partial charge in [0.15, 0.2) is 6.61 Å². The van der Waals surface area contributed by atoms with Gasteiger partial charge in [0.1, 0.15) is 5.75 Å². The first-order valence-corrected chi connectivity index (χ1v) is 8.80. The van der Waals surface area contributed by atoms with Crippen molar-refractivity contribution in [1.29, 1.82) is 0 Å². The molecule has 0 fully saturated rings. The first-order chi connectivity index (χ1) is 13.0. The second kappa shape index (κ2) is 8.03. The van der Waals surface area contributed by atoms with Crippen molar-refractivity contribution in [2.75, 3.05) is 6.61 Å². The molecule has 27 heavy (non-hydrogen) atoms. The summed E-state index contributed by atoms with van der Waals surface area (Å²) in [6, 6.07) is 16.9.